The van der Waals surface area contributed by atoms with Gasteiger partial charge in [-0.05, 0) is 32.0 Å². The number of hydrogen-bond donors (Lipinski definition) is 2. The zero-order valence-corrected chi connectivity index (χ0v) is 16.4. The number of amides is 3. The summed E-state index contributed by atoms with van der Waals surface area (Å²) in [6.45, 7) is 4.88. The van der Waals surface area contributed by atoms with E-state index in [1.807, 2.05) is 13.8 Å². The van der Waals surface area contributed by atoms with Crippen LogP contribution < -0.4 is 15.8 Å². The van der Waals surface area contributed by atoms with Gasteiger partial charge in [-0.25, -0.2) is 24.4 Å². The van der Waals surface area contributed by atoms with Crippen molar-refractivity contribution in [2.24, 2.45) is 5.73 Å². The summed E-state index contributed by atoms with van der Waals surface area (Å²) < 4.78 is 11.3. The number of hydrogen-bond acceptors (Lipinski definition) is 7. The minimum atomic E-state index is -1.20. The van der Waals surface area contributed by atoms with Gasteiger partial charge in [0.05, 0.1) is 5.52 Å². The van der Waals surface area contributed by atoms with Gasteiger partial charge in [0, 0.05) is 36.8 Å². The van der Waals surface area contributed by atoms with E-state index in [1.165, 1.54) is 18.6 Å². The number of carbonyl (C=O) groups is 3. The lowest BCUT2D eigenvalue weighted by molar-refractivity contribution is 0.159. The third-order valence-electron chi connectivity index (χ3n) is 4.20. The van der Waals surface area contributed by atoms with Crippen molar-refractivity contribution >= 4 is 34.9 Å². The monoisotopic (exact) mass is 412 g/mol. The lowest BCUT2D eigenvalue weighted by Gasteiger charge is -2.18. The van der Waals surface area contributed by atoms with Gasteiger partial charge >= 0.3 is 18.2 Å². The van der Waals surface area contributed by atoms with Gasteiger partial charge in [0.25, 0.3) is 0 Å². The van der Waals surface area contributed by atoms with Crippen LogP contribution in [0.5, 0.6) is 11.6 Å². The molecule has 3 N–H and O–H groups in total. The first kappa shape index (κ1) is 20.6. The molecule has 0 radical (unpaired) electrons. The number of aromatic nitrogens is 3. The number of primary amides is 1. The number of carbonyl (C=O) groups excluding carboxylic acids is 3. The Hall–Kier alpha value is -4.15. The molecule has 0 fully saturated rings. The molecule has 2 heterocycles. The van der Waals surface area contributed by atoms with Crippen LogP contribution in [0.2, 0.25) is 0 Å². The van der Waals surface area contributed by atoms with Crippen LogP contribution in [0.15, 0.2) is 42.9 Å². The summed E-state index contributed by atoms with van der Waals surface area (Å²) in [6, 6.07) is 7.86. The van der Waals surface area contributed by atoms with E-state index in [-0.39, 0.29) is 17.7 Å². The van der Waals surface area contributed by atoms with E-state index in [9.17, 15) is 14.4 Å². The second kappa shape index (κ2) is 8.90. The van der Waals surface area contributed by atoms with E-state index in [0.29, 0.717) is 24.4 Å². The van der Waals surface area contributed by atoms with E-state index in [4.69, 9.17) is 10.5 Å². The molecule has 2 aromatic heterocycles. The Labute approximate surface area is 171 Å². The predicted octanol–water partition coefficient (Wildman–Crippen LogP) is 3.16. The maximum absolute atomic E-state index is 12.2. The molecule has 0 spiro atoms. The van der Waals surface area contributed by atoms with Gasteiger partial charge in [-0.3, -0.25) is 9.88 Å². The molecule has 0 bridgehead atoms. The van der Waals surface area contributed by atoms with Gasteiger partial charge in [-0.1, -0.05) is 0 Å². The second-order valence-electron chi connectivity index (χ2n) is 6.04. The number of fused-ring (bicyclic) bond motifs is 1. The summed E-state index contributed by atoms with van der Waals surface area (Å²) >= 11 is 0. The van der Waals surface area contributed by atoms with Crippen molar-refractivity contribution in [1.29, 1.82) is 0 Å². The molecule has 156 valence electrons. The van der Waals surface area contributed by atoms with Crippen LogP contribution >= 0.6 is 0 Å². The van der Waals surface area contributed by atoms with Crippen LogP contribution in [0.1, 0.15) is 13.8 Å². The first-order valence-electron chi connectivity index (χ1n) is 9.09. The molecule has 3 aromatic rings. The van der Waals surface area contributed by atoms with Crippen molar-refractivity contribution in [3.05, 3.63) is 42.9 Å². The Morgan fingerprint density at radius 1 is 1.13 bits per heavy atom. The summed E-state index contributed by atoms with van der Waals surface area (Å²) in [5.41, 5.74) is 5.34. The van der Waals surface area contributed by atoms with Crippen LogP contribution in [0, 0.1) is 0 Å². The maximum atomic E-state index is 12.2. The Morgan fingerprint density at radius 3 is 2.60 bits per heavy atom. The van der Waals surface area contributed by atoms with Crippen LogP contribution in [-0.4, -0.2) is 50.7 Å². The topological polar surface area (TPSA) is 142 Å². The van der Waals surface area contributed by atoms with Gasteiger partial charge in [-0.15, -0.1) is 0 Å². The fourth-order valence-corrected chi connectivity index (χ4v) is 2.75. The summed E-state index contributed by atoms with van der Waals surface area (Å²) in [7, 11) is 0. The standard InChI is InChI=1S/C19H20N6O5/c1-3-24(4-2)18(27)23-15-10-16(22-11-21-15)29-13-6-5-12-7-8-25(14(12)9-13)19(28)30-17(20)26/h5-11H,3-4H2,1-2H3,(H2,20,26)(H,21,22,23,27). The summed E-state index contributed by atoms with van der Waals surface area (Å²) in [6.07, 6.45) is 0.580. The highest BCUT2D eigenvalue weighted by Crippen LogP contribution is 2.26. The van der Waals surface area contributed by atoms with Gasteiger partial charge in [0.15, 0.2) is 0 Å². The van der Waals surface area contributed by atoms with E-state index in [0.717, 1.165) is 9.95 Å². The highest BCUT2D eigenvalue weighted by Gasteiger charge is 2.14. The Kier molecular flexibility index (Phi) is 6.11. The molecule has 1 aromatic carbocycles. The first-order valence-corrected chi connectivity index (χ1v) is 9.09. The molecule has 30 heavy (non-hydrogen) atoms. The molecule has 0 saturated carbocycles. The molecule has 0 aliphatic heterocycles. The van der Waals surface area contributed by atoms with Crippen molar-refractivity contribution in [2.45, 2.75) is 13.8 Å². The summed E-state index contributed by atoms with van der Waals surface area (Å²) in [5.74, 6) is 0.845. The van der Waals surface area contributed by atoms with Gasteiger partial charge in [-0.2, -0.15) is 0 Å². The van der Waals surface area contributed by atoms with Crippen molar-refractivity contribution in [2.75, 3.05) is 18.4 Å². The van der Waals surface area contributed by atoms with Crippen molar-refractivity contribution < 1.29 is 23.9 Å². The molecule has 11 nitrogen and oxygen atoms in total. The second-order valence-corrected chi connectivity index (χ2v) is 6.04. The molecule has 0 atom stereocenters. The van der Waals surface area contributed by atoms with Crippen molar-refractivity contribution in [3.8, 4) is 11.6 Å². The first-order chi connectivity index (χ1) is 14.4. The highest BCUT2D eigenvalue weighted by molar-refractivity contribution is 5.93. The van der Waals surface area contributed by atoms with Crippen molar-refractivity contribution in [3.63, 3.8) is 0 Å². The van der Waals surface area contributed by atoms with E-state index in [1.54, 1.807) is 29.2 Å². The minimum Gasteiger partial charge on any atom is -0.439 e. The van der Waals surface area contributed by atoms with Crippen LogP contribution in [0.25, 0.3) is 10.9 Å². The SMILES string of the molecule is CCN(CC)C(=O)Nc1cc(Oc2ccc3ccn(C(=O)OC(N)=O)c3c2)ncn1. The van der Waals surface area contributed by atoms with E-state index < -0.39 is 12.2 Å². The minimum absolute atomic E-state index is 0.192. The predicted molar refractivity (Wildman–Crippen MR) is 107 cm³/mol. The fourth-order valence-electron chi connectivity index (χ4n) is 2.75. The molecule has 0 unspecified atom stereocenters. The molecule has 0 aliphatic carbocycles. The normalized spacial score (nSPS) is 10.5. The zero-order valence-electron chi connectivity index (χ0n) is 16.4. The number of benzene rings is 1. The quantitative estimate of drug-likeness (QED) is 0.613. The smallest absolute Gasteiger partial charge is 0.427 e. The number of nitrogens with one attached hydrogen (secondary N) is 1. The van der Waals surface area contributed by atoms with Crippen LogP contribution in [0.3, 0.4) is 0 Å². The summed E-state index contributed by atoms with van der Waals surface area (Å²) in [4.78, 5) is 44.7. The lowest BCUT2D eigenvalue weighted by atomic mass is 10.2. The van der Waals surface area contributed by atoms with Crippen LogP contribution in [0.4, 0.5) is 20.2 Å². The number of anilines is 1. The van der Waals surface area contributed by atoms with E-state index >= 15 is 0 Å². The number of urea groups is 1. The summed E-state index contributed by atoms with van der Waals surface area (Å²) in [5, 5.41) is 3.41. The van der Waals surface area contributed by atoms with Crippen LogP contribution in [-0.2, 0) is 4.74 Å². The zero-order chi connectivity index (χ0) is 21.7. The Bertz CT molecular complexity index is 1090. The molecular weight excluding hydrogens is 392 g/mol. The molecule has 11 heteroatoms. The molecule has 0 aliphatic rings. The third-order valence-corrected chi connectivity index (χ3v) is 4.20. The fraction of sp³-hybridized carbons (Fsp3) is 0.211. The number of ether oxygens (including phenoxy) is 2. The molecule has 3 rings (SSSR count). The largest absolute Gasteiger partial charge is 0.439 e. The molecule has 3 amide bonds. The highest BCUT2D eigenvalue weighted by atomic mass is 16.6. The average molecular weight is 412 g/mol. The number of nitrogens with zero attached hydrogens (tertiary/aromatic N) is 4. The third kappa shape index (κ3) is 4.63. The Morgan fingerprint density at radius 2 is 1.90 bits per heavy atom. The van der Waals surface area contributed by atoms with Gasteiger partial charge in [0.2, 0.25) is 5.88 Å². The Balaban J connectivity index is 1.80. The maximum Gasteiger partial charge on any atom is 0.427 e. The van der Waals surface area contributed by atoms with Crippen molar-refractivity contribution in [1.82, 2.24) is 19.4 Å². The van der Waals surface area contributed by atoms with Gasteiger partial charge < -0.3 is 20.1 Å². The number of nitrogens with two attached hydrogens (primary N) is 1. The number of rotatable bonds is 5. The van der Waals surface area contributed by atoms with E-state index in [2.05, 4.69) is 20.0 Å². The van der Waals surface area contributed by atoms with Gasteiger partial charge in [0.1, 0.15) is 17.9 Å². The molecular formula is C19H20N6O5. The lowest BCUT2D eigenvalue weighted by Crippen LogP contribution is -2.34. The average Bonchev–Trinajstić information content (AvgIpc) is 3.12. The molecule has 0 saturated heterocycles.